The Labute approximate surface area is 126 Å². The van der Waals surface area contributed by atoms with E-state index in [1.54, 1.807) is 12.3 Å². The minimum Gasteiger partial charge on any atom is -0.464 e. The van der Waals surface area contributed by atoms with Gasteiger partial charge in [-0.15, -0.1) is 0 Å². The van der Waals surface area contributed by atoms with Gasteiger partial charge < -0.3 is 9.64 Å². The third-order valence-corrected chi connectivity index (χ3v) is 3.88. The summed E-state index contributed by atoms with van der Waals surface area (Å²) >= 11 is 1.52. The molecule has 0 radical (unpaired) electrons. The Morgan fingerprint density at radius 2 is 2.29 bits per heavy atom. The minimum absolute atomic E-state index is 0.349. The molecule has 0 aromatic carbocycles. The molecule has 2 aromatic rings. The number of carbonyl (C=O) groups is 1. The Kier molecular flexibility index (Phi) is 3.78. The van der Waals surface area contributed by atoms with Gasteiger partial charge in [-0.3, -0.25) is 4.68 Å². The fourth-order valence-corrected chi connectivity index (χ4v) is 2.62. The van der Waals surface area contributed by atoms with Gasteiger partial charge in [0.25, 0.3) is 0 Å². The van der Waals surface area contributed by atoms with Gasteiger partial charge in [0, 0.05) is 12.7 Å². The summed E-state index contributed by atoms with van der Waals surface area (Å²) in [6.07, 6.45) is 3.72. The summed E-state index contributed by atoms with van der Waals surface area (Å²) in [4.78, 5) is 22.4. The van der Waals surface area contributed by atoms with Crippen LogP contribution >= 0.6 is 11.8 Å². The summed E-state index contributed by atoms with van der Waals surface area (Å²) in [5.74, 6) is 0.483. The summed E-state index contributed by atoms with van der Waals surface area (Å²) in [6, 6.07) is 3.67. The van der Waals surface area contributed by atoms with E-state index in [4.69, 9.17) is 4.74 Å². The lowest BCUT2D eigenvalue weighted by atomic mass is 10.3. The minimum atomic E-state index is -0.407. The van der Waals surface area contributed by atoms with Crippen molar-refractivity contribution in [2.45, 2.75) is 18.2 Å². The molecule has 7 nitrogen and oxygen atoms in total. The molecule has 0 amide bonds. The Hall–Kier alpha value is -2.09. The predicted molar refractivity (Wildman–Crippen MR) is 78.4 cm³/mol. The maximum Gasteiger partial charge on any atom is 0.358 e. The second-order valence-electron chi connectivity index (χ2n) is 4.56. The van der Waals surface area contributed by atoms with Gasteiger partial charge in [0.15, 0.2) is 10.9 Å². The van der Waals surface area contributed by atoms with Gasteiger partial charge in [-0.25, -0.2) is 14.8 Å². The predicted octanol–water partition coefficient (Wildman–Crippen LogP) is 1.20. The van der Waals surface area contributed by atoms with Crippen LogP contribution in [0.3, 0.4) is 0 Å². The first-order chi connectivity index (χ1) is 10.2. The van der Waals surface area contributed by atoms with E-state index in [9.17, 15) is 4.79 Å². The molecule has 0 spiro atoms. The molecular weight excluding hydrogens is 290 g/mol. The van der Waals surface area contributed by atoms with Crippen LogP contribution in [0.4, 0.5) is 5.82 Å². The number of aromatic nitrogens is 4. The molecule has 21 heavy (non-hydrogen) atoms. The number of carbonyl (C=O) groups excluding carboxylic acids is 1. The fourth-order valence-electron chi connectivity index (χ4n) is 2.27. The van der Waals surface area contributed by atoms with Crippen molar-refractivity contribution in [2.75, 3.05) is 24.8 Å². The Balaban J connectivity index is 1.83. The third-order valence-electron chi connectivity index (χ3n) is 3.32. The molecule has 0 saturated heterocycles. The molecule has 8 heteroatoms. The molecule has 3 rings (SSSR count). The zero-order chi connectivity index (χ0) is 14.8. The standard InChI is InChI=1S/C13H15N5O2S/c1-20-12(19)10-7-9-8-17(5-6-18(9)16-10)11-3-4-14-13(15-11)21-2/h3-4,7H,5-6,8H2,1-2H3. The second-order valence-corrected chi connectivity index (χ2v) is 5.33. The van der Waals surface area contributed by atoms with Crippen LogP contribution in [0.2, 0.25) is 0 Å². The summed E-state index contributed by atoms with van der Waals surface area (Å²) < 4.78 is 6.55. The van der Waals surface area contributed by atoms with Gasteiger partial charge in [0.05, 0.1) is 25.9 Å². The molecule has 1 aliphatic rings. The highest BCUT2D eigenvalue weighted by Crippen LogP contribution is 2.21. The highest BCUT2D eigenvalue weighted by atomic mass is 32.2. The quantitative estimate of drug-likeness (QED) is 0.479. The van der Waals surface area contributed by atoms with Crippen molar-refractivity contribution in [1.29, 1.82) is 0 Å². The molecule has 0 atom stereocenters. The van der Waals surface area contributed by atoms with Gasteiger partial charge in [0.1, 0.15) is 5.82 Å². The number of esters is 1. The molecule has 3 heterocycles. The molecule has 0 aliphatic carbocycles. The maximum absolute atomic E-state index is 11.5. The third kappa shape index (κ3) is 2.71. The van der Waals surface area contributed by atoms with E-state index in [1.807, 2.05) is 17.0 Å². The van der Waals surface area contributed by atoms with Crippen molar-refractivity contribution >= 4 is 23.5 Å². The zero-order valence-corrected chi connectivity index (χ0v) is 12.6. The van der Waals surface area contributed by atoms with Crippen LogP contribution < -0.4 is 4.90 Å². The lowest BCUT2D eigenvalue weighted by Crippen LogP contribution is -2.34. The van der Waals surface area contributed by atoms with E-state index in [1.165, 1.54) is 18.9 Å². The summed E-state index contributed by atoms with van der Waals surface area (Å²) in [6.45, 7) is 2.17. The van der Waals surface area contributed by atoms with Crippen molar-refractivity contribution in [3.05, 3.63) is 29.7 Å². The average molecular weight is 305 g/mol. The SMILES string of the molecule is COC(=O)c1cc2n(n1)CCN(c1ccnc(SC)n1)C2. The molecular formula is C13H15N5O2S. The Morgan fingerprint density at radius 1 is 1.43 bits per heavy atom. The first-order valence-electron chi connectivity index (χ1n) is 6.48. The van der Waals surface area contributed by atoms with E-state index in [0.29, 0.717) is 18.8 Å². The number of thioether (sulfide) groups is 1. The first-order valence-corrected chi connectivity index (χ1v) is 7.71. The van der Waals surface area contributed by atoms with Crippen LogP contribution in [0.15, 0.2) is 23.5 Å². The van der Waals surface area contributed by atoms with Gasteiger partial charge >= 0.3 is 5.97 Å². The highest BCUT2D eigenvalue weighted by molar-refractivity contribution is 7.98. The van der Waals surface area contributed by atoms with Crippen molar-refractivity contribution in [2.24, 2.45) is 0 Å². The van der Waals surface area contributed by atoms with Gasteiger partial charge in [-0.05, 0) is 18.4 Å². The maximum atomic E-state index is 11.5. The lowest BCUT2D eigenvalue weighted by molar-refractivity contribution is 0.0593. The summed E-state index contributed by atoms with van der Waals surface area (Å²) in [5, 5.41) is 5.01. The molecule has 0 unspecified atom stereocenters. The number of rotatable bonds is 3. The first kappa shape index (κ1) is 13.9. The molecule has 110 valence electrons. The van der Waals surface area contributed by atoms with E-state index >= 15 is 0 Å². The number of hydrogen-bond acceptors (Lipinski definition) is 7. The number of anilines is 1. The van der Waals surface area contributed by atoms with E-state index in [0.717, 1.165) is 23.2 Å². The smallest absolute Gasteiger partial charge is 0.358 e. The van der Waals surface area contributed by atoms with Crippen molar-refractivity contribution < 1.29 is 9.53 Å². The fraction of sp³-hybridized carbons (Fsp3) is 0.385. The zero-order valence-electron chi connectivity index (χ0n) is 11.8. The van der Waals surface area contributed by atoms with E-state index in [2.05, 4.69) is 20.0 Å². The molecule has 1 aliphatic heterocycles. The molecule has 0 N–H and O–H groups in total. The van der Waals surface area contributed by atoms with Crippen molar-refractivity contribution in [3.63, 3.8) is 0 Å². The lowest BCUT2D eigenvalue weighted by Gasteiger charge is -2.28. The van der Waals surface area contributed by atoms with Gasteiger partial charge in [0.2, 0.25) is 0 Å². The number of hydrogen-bond donors (Lipinski definition) is 0. The monoisotopic (exact) mass is 305 g/mol. The molecule has 0 bridgehead atoms. The molecule has 2 aromatic heterocycles. The van der Waals surface area contributed by atoms with Gasteiger partial charge in [-0.1, -0.05) is 11.8 Å². The Morgan fingerprint density at radius 3 is 3.05 bits per heavy atom. The second kappa shape index (κ2) is 5.72. The van der Waals surface area contributed by atoms with Crippen molar-refractivity contribution in [1.82, 2.24) is 19.7 Å². The van der Waals surface area contributed by atoms with Gasteiger partial charge in [-0.2, -0.15) is 5.10 Å². The number of methoxy groups -OCH3 is 1. The average Bonchev–Trinajstić information content (AvgIpc) is 2.97. The molecule has 0 fully saturated rings. The summed E-state index contributed by atoms with van der Waals surface area (Å²) in [7, 11) is 1.36. The van der Waals surface area contributed by atoms with Crippen LogP contribution in [0.5, 0.6) is 0 Å². The van der Waals surface area contributed by atoms with Crippen LogP contribution in [-0.4, -0.2) is 45.6 Å². The summed E-state index contributed by atoms with van der Waals surface area (Å²) in [5.41, 5.74) is 1.33. The number of nitrogens with zero attached hydrogens (tertiary/aromatic N) is 5. The van der Waals surface area contributed by atoms with Crippen LogP contribution in [0.25, 0.3) is 0 Å². The normalized spacial score (nSPS) is 13.9. The van der Waals surface area contributed by atoms with Crippen molar-refractivity contribution in [3.8, 4) is 0 Å². The van der Waals surface area contributed by atoms with E-state index < -0.39 is 5.97 Å². The van der Waals surface area contributed by atoms with Crippen LogP contribution in [0.1, 0.15) is 16.2 Å². The topological polar surface area (TPSA) is 73.1 Å². The van der Waals surface area contributed by atoms with Crippen LogP contribution in [-0.2, 0) is 17.8 Å². The number of fused-ring (bicyclic) bond motifs is 1. The molecule has 0 saturated carbocycles. The highest BCUT2D eigenvalue weighted by Gasteiger charge is 2.22. The Bertz CT molecular complexity index is 672. The van der Waals surface area contributed by atoms with E-state index in [-0.39, 0.29) is 0 Å². The number of ether oxygens (including phenoxy) is 1. The van der Waals surface area contributed by atoms with Crippen LogP contribution in [0, 0.1) is 0 Å². The largest absolute Gasteiger partial charge is 0.464 e.